The minimum absolute atomic E-state index is 0.110. The highest BCUT2D eigenvalue weighted by atomic mass is 32.2. The Morgan fingerprint density at radius 3 is 2.82 bits per heavy atom. The van der Waals surface area contributed by atoms with Crippen molar-refractivity contribution < 1.29 is 4.79 Å². The van der Waals surface area contributed by atoms with Gasteiger partial charge in [0.15, 0.2) is 5.16 Å². The maximum Gasteiger partial charge on any atom is 0.235 e. The minimum atomic E-state index is -0.171. The molecule has 1 aliphatic carbocycles. The van der Waals surface area contributed by atoms with Crippen molar-refractivity contribution in [3.63, 3.8) is 0 Å². The second-order valence-corrected chi connectivity index (χ2v) is 7.00. The van der Waals surface area contributed by atoms with Gasteiger partial charge in [-0.05, 0) is 25.3 Å². The van der Waals surface area contributed by atoms with Crippen molar-refractivity contribution in [2.45, 2.75) is 42.8 Å². The lowest BCUT2D eigenvalue weighted by Gasteiger charge is -2.21. The van der Waals surface area contributed by atoms with Gasteiger partial charge in [0.25, 0.3) is 0 Å². The van der Waals surface area contributed by atoms with Crippen LogP contribution < -0.4 is 0 Å². The molecule has 1 saturated carbocycles. The van der Waals surface area contributed by atoms with E-state index in [-0.39, 0.29) is 11.2 Å². The van der Waals surface area contributed by atoms with E-state index in [0.29, 0.717) is 12.6 Å². The van der Waals surface area contributed by atoms with Crippen molar-refractivity contribution in [3.05, 3.63) is 42.2 Å². The highest BCUT2D eigenvalue weighted by Crippen LogP contribution is 2.38. The molecule has 0 radical (unpaired) electrons. The van der Waals surface area contributed by atoms with Crippen LogP contribution in [0.3, 0.4) is 0 Å². The van der Waals surface area contributed by atoms with Gasteiger partial charge in [0.05, 0.1) is 5.25 Å². The number of aromatic nitrogens is 3. The lowest BCUT2D eigenvalue weighted by atomic mass is 10.2. The lowest BCUT2D eigenvalue weighted by Crippen LogP contribution is -2.32. The van der Waals surface area contributed by atoms with Gasteiger partial charge in [0, 0.05) is 19.6 Å². The van der Waals surface area contributed by atoms with Gasteiger partial charge in [0.2, 0.25) is 5.91 Å². The van der Waals surface area contributed by atoms with Gasteiger partial charge in [0.1, 0.15) is 6.33 Å². The Hall–Kier alpha value is -1.82. The Morgan fingerprint density at radius 1 is 1.41 bits per heavy atom. The number of carbonyl (C=O) groups is 1. The summed E-state index contributed by atoms with van der Waals surface area (Å²) in [6, 6.07) is 10.6. The topological polar surface area (TPSA) is 51.0 Å². The molecule has 0 saturated heterocycles. The predicted octanol–water partition coefficient (Wildman–Crippen LogP) is 2.75. The van der Waals surface area contributed by atoms with Crippen LogP contribution in [0.1, 0.15) is 31.4 Å². The van der Waals surface area contributed by atoms with Crippen LogP contribution in [0.4, 0.5) is 0 Å². The highest BCUT2D eigenvalue weighted by Gasteiger charge is 2.28. The van der Waals surface area contributed by atoms with Crippen LogP contribution in [0.5, 0.6) is 0 Å². The van der Waals surface area contributed by atoms with Crippen molar-refractivity contribution in [1.29, 1.82) is 0 Å². The Labute approximate surface area is 134 Å². The highest BCUT2D eigenvalue weighted by molar-refractivity contribution is 8.00. The van der Waals surface area contributed by atoms with E-state index in [4.69, 9.17) is 0 Å². The molecule has 1 fully saturated rings. The van der Waals surface area contributed by atoms with Crippen molar-refractivity contribution in [1.82, 2.24) is 19.7 Å². The second kappa shape index (κ2) is 6.52. The van der Waals surface area contributed by atoms with Gasteiger partial charge < -0.3 is 9.47 Å². The molecule has 1 amide bonds. The molecule has 0 aliphatic heterocycles. The summed E-state index contributed by atoms with van der Waals surface area (Å²) in [4.78, 5) is 14.3. The summed E-state index contributed by atoms with van der Waals surface area (Å²) in [6.07, 6.45) is 4.13. The molecule has 2 aromatic rings. The van der Waals surface area contributed by atoms with E-state index >= 15 is 0 Å². The van der Waals surface area contributed by atoms with Crippen LogP contribution in [-0.2, 0) is 11.3 Å². The molecular weight excluding hydrogens is 296 g/mol. The molecule has 6 heteroatoms. The van der Waals surface area contributed by atoms with E-state index in [2.05, 4.69) is 14.8 Å². The summed E-state index contributed by atoms with van der Waals surface area (Å²) in [6.45, 7) is 2.56. The molecule has 0 spiro atoms. The standard InChI is InChI=1S/C16H20N4OS/c1-12(22-16-18-17-11-20(16)14-8-9-14)15(21)19(2)10-13-6-4-3-5-7-13/h3-7,11-12,14H,8-10H2,1-2H3. The third kappa shape index (κ3) is 3.50. The fourth-order valence-corrected chi connectivity index (χ4v) is 3.38. The van der Waals surface area contributed by atoms with Crippen molar-refractivity contribution in [2.24, 2.45) is 0 Å². The number of hydrogen-bond acceptors (Lipinski definition) is 4. The quantitative estimate of drug-likeness (QED) is 0.769. The molecule has 0 N–H and O–H groups in total. The lowest BCUT2D eigenvalue weighted by molar-refractivity contribution is -0.129. The molecule has 5 nitrogen and oxygen atoms in total. The fourth-order valence-electron chi connectivity index (χ4n) is 2.37. The van der Waals surface area contributed by atoms with Gasteiger partial charge in [-0.3, -0.25) is 4.79 Å². The molecule has 116 valence electrons. The van der Waals surface area contributed by atoms with E-state index in [1.54, 1.807) is 11.2 Å². The first-order valence-corrected chi connectivity index (χ1v) is 8.38. The smallest absolute Gasteiger partial charge is 0.235 e. The first kappa shape index (κ1) is 15.1. The Morgan fingerprint density at radius 2 is 2.14 bits per heavy atom. The van der Waals surface area contributed by atoms with Gasteiger partial charge in [-0.1, -0.05) is 42.1 Å². The second-order valence-electron chi connectivity index (χ2n) is 5.69. The monoisotopic (exact) mass is 316 g/mol. The molecular formula is C16H20N4OS. The minimum Gasteiger partial charge on any atom is -0.340 e. The fraction of sp³-hybridized carbons (Fsp3) is 0.438. The molecule has 1 atom stereocenters. The largest absolute Gasteiger partial charge is 0.340 e. The molecule has 1 unspecified atom stereocenters. The number of thioether (sulfide) groups is 1. The van der Waals surface area contributed by atoms with Crippen LogP contribution in [0.15, 0.2) is 41.8 Å². The van der Waals surface area contributed by atoms with Gasteiger partial charge in [-0.2, -0.15) is 0 Å². The average Bonchev–Trinajstić information content (AvgIpc) is 3.27. The van der Waals surface area contributed by atoms with E-state index in [9.17, 15) is 4.79 Å². The predicted molar refractivity (Wildman–Crippen MR) is 86.5 cm³/mol. The molecule has 1 heterocycles. The molecule has 0 bridgehead atoms. The molecule has 1 aromatic carbocycles. The van der Waals surface area contributed by atoms with Crippen molar-refractivity contribution in [2.75, 3.05) is 7.05 Å². The van der Waals surface area contributed by atoms with E-state index in [1.165, 1.54) is 24.6 Å². The molecule has 3 rings (SSSR count). The van der Waals surface area contributed by atoms with Crippen molar-refractivity contribution in [3.8, 4) is 0 Å². The number of carbonyl (C=O) groups excluding carboxylic acids is 1. The van der Waals surface area contributed by atoms with E-state index in [0.717, 1.165) is 10.7 Å². The van der Waals surface area contributed by atoms with Gasteiger partial charge in [-0.25, -0.2) is 0 Å². The zero-order valence-corrected chi connectivity index (χ0v) is 13.7. The normalized spacial score (nSPS) is 15.5. The molecule has 1 aromatic heterocycles. The number of nitrogens with zero attached hydrogens (tertiary/aromatic N) is 4. The summed E-state index contributed by atoms with van der Waals surface area (Å²) in [5.74, 6) is 0.110. The number of benzene rings is 1. The van der Waals surface area contributed by atoms with Crippen LogP contribution in [0.25, 0.3) is 0 Å². The third-order valence-electron chi connectivity index (χ3n) is 3.75. The first-order chi connectivity index (χ1) is 10.6. The summed E-state index contributed by atoms with van der Waals surface area (Å²) in [5, 5.41) is 8.80. The SMILES string of the molecule is CC(Sc1nncn1C1CC1)C(=O)N(C)Cc1ccccc1. The Balaban J connectivity index is 1.60. The van der Waals surface area contributed by atoms with Crippen LogP contribution in [0.2, 0.25) is 0 Å². The molecule has 1 aliphatic rings. The van der Waals surface area contributed by atoms with Gasteiger partial charge in [-0.15, -0.1) is 10.2 Å². The van der Waals surface area contributed by atoms with E-state index < -0.39 is 0 Å². The first-order valence-electron chi connectivity index (χ1n) is 7.50. The molecule has 22 heavy (non-hydrogen) atoms. The van der Waals surface area contributed by atoms with E-state index in [1.807, 2.05) is 44.3 Å². The number of amides is 1. The van der Waals surface area contributed by atoms with Crippen LogP contribution >= 0.6 is 11.8 Å². The average molecular weight is 316 g/mol. The zero-order valence-electron chi connectivity index (χ0n) is 12.8. The van der Waals surface area contributed by atoms with Gasteiger partial charge >= 0.3 is 0 Å². The third-order valence-corrected chi connectivity index (χ3v) is 4.81. The summed E-state index contributed by atoms with van der Waals surface area (Å²) in [7, 11) is 1.85. The van der Waals surface area contributed by atoms with Crippen molar-refractivity contribution >= 4 is 17.7 Å². The van der Waals surface area contributed by atoms with Crippen LogP contribution in [0, 0.1) is 0 Å². The summed E-state index contributed by atoms with van der Waals surface area (Å²) >= 11 is 1.49. The maximum absolute atomic E-state index is 12.5. The Bertz CT molecular complexity index is 639. The number of rotatable bonds is 6. The zero-order chi connectivity index (χ0) is 15.5. The number of hydrogen-bond donors (Lipinski definition) is 0. The summed E-state index contributed by atoms with van der Waals surface area (Å²) in [5.41, 5.74) is 1.14. The Kier molecular flexibility index (Phi) is 4.47. The summed E-state index contributed by atoms with van der Waals surface area (Å²) < 4.78 is 2.09. The van der Waals surface area contributed by atoms with Crippen LogP contribution in [-0.4, -0.2) is 37.9 Å². The maximum atomic E-state index is 12.5.